The Morgan fingerprint density at radius 2 is 1.79 bits per heavy atom. The Hall–Kier alpha value is -2.37. The van der Waals surface area contributed by atoms with Crippen LogP contribution in [0.4, 0.5) is 0 Å². The van der Waals surface area contributed by atoms with E-state index in [1.807, 2.05) is 4.90 Å². The van der Waals surface area contributed by atoms with Crippen molar-refractivity contribution >= 4 is 17.2 Å². The smallest absolute Gasteiger partial charge is 0.255 e. The molecule has 1 fully saturated rings. The second-order valence-corrected chi connectivity index (χ2v) is 8.89. The summed E-state index contributed by atoms with van der Waals surface area (Å²) >= 11 is 1.76. The zero-order valence-corrected chi connectivity index (χ0v) is 18.1. The number of benzene rings is 1. The zero-order valence-electron chi connectivity index (χ0n) is 17.3. The highest BCUT2D eigenvalue weighted by Crippen LogP contribution is 2.21. The molecule has 0 aliphatic carbocycles. The molecule has 0 radical (unpaired) electrons. The van der Waals surface area contributed by atoms with Crippen molar-refractivity contribution in [3.8, 4) is 0 Å². The Morgan fingerprint density at radius 3 is 2.55 bits per heavy atom. The fourth-order valence-electron chi connectivity index (χ4n) is 4.16. The third kappa shape index (κ3) is 4.62. The molecular formula is C24H29N3OS. The Balaban J connectivity index is 1.43. The van der Waals surface area contributed by atoms with Crippen molar-refractivity contribution in [1.29, 1.82) is 0 Å². The first-order chi connectivity index (χ1) is 14.1. The molecule has 1 aromatic carbocycles. The molecule has 0 atom stereocenters. The van der Waals surface area contributed by atoms with Gasteiger partial charge in [0.15, 0.2) is 0 Å². The lowest BCUT2D eigenvalue weighted by Crippen LogP contribution is -2.35. The summed E-state index contributed by atoms with van der Waals surface area (Å²) in [5.74, 6) is 0.178. The quantitative estimate of drug-likeness (QED) is 0.620. The minimum absolute atomic E-state index is 0.178. The molecule has 1 saturated heterocycles. The Kier molecular flexibility index (Phi) is 6.16. The van der Waals surface area contributed by atoms with E-state index in [0.29, 0.717) is 0 Å². The molecule has 29 heavy (non-hydrogen) atoms. The van der Waals surface area contributed by atoms with Crippen molar-refractivity contribution in [3.63, 3.8) is 0 Å². The van der Waals surface area contributed by atoms with Gasteiger partial charge < -0.3 is 9.47 Å². The number of aryl methyl sites for hydroxylation is 1. The van der Waals surface area contributed by atoms with Crippen LogP contribution in [0.15, 0.2) is 53.9 Å². The van der Waals surface area contributed by atoms with Gasteiger partial charge in [0.1, 0.15) is 0 Å². The number of thiophene rings is 1. The van der Waals surface area contributed by atoms with E-state index in [0.717, 1.165) is 62.6 Å². The molecule has 3 aromatic rings. The van der Waals surface area contributed by atoms with Crippen LogP contribution in [-0.4, -0.2) is 46.5 Å². The molecule has 0 spiro atoms. The number of amides is 1. The van der Waals surface area contributed by atoms with Gasteiger partial charge in [-0.3, -0.25) is 9.69 Å². The van der Waals surface area contributed by atoms with Gasteiger partial charge in [0.25, 0.3) is 5.91 Å². The van der Waals surface area contributed by atoms with Crippen LogP contribution in [-0.2, 0) is 13.1 Å². The first-order valence-corrected chi connectivity index (χ1v) is 11.2. The van der Waals surface area contributed by atoms with Crippen LogP contribution >= 0.6 is 11.3 Å². The molecule has 3 heterocycles. The summed E-state index contributed by atoms with van der Waals surface area (Å²) in [5.41, 5.74) is 4.42. The Labute approximate surface area is 177 Å². The number of rotatable bonds is 5. The van der Waals surface area contributed by atoms with Crippen molar-refractivity contribution in [1.82, 2.24) is 14.4 Å². The topological polar surface area (TPSA) is 28.5 Å². The van der Waals surface area contributed by atoms with Crippen LogP contribution in [0.1, 0.15) is 38.6 Å². The third-order valence-corrected chi connectivity index (χ3v) is 6.68. The maximum atomic E-state index is 13.3. The summed E-state index contributed by atoms with van der Waals surface area (Å²) in [6.07, 6.45) is 1.02. The van der Waals surface area contributed by atoms with E-state index >= 15 is 0 Å². The van der Waals surface area contributed by atoms with E-state index in [9.17, 15) is 4.79 Å². The molecule has 1 amide bonds. The number of hydrogen-bond acceptors (Lipinski definition) is 3. The zero-order chi connectivity index (χ0) is 20.2. The predicted octanol–water partition coefficient (Wildman–Crippen LogP) is 4.56. The number of nitrogens with zero attached hydrogens (tertiary/aromatic N) is 3. The number of carbonyl (C=O) groups is 1. The van der Waals surface area contributed by atoms with Crippen LogP contribution in [0.2, 0.25) is 0 Å². The fraction of sp³-hybridized carbons (Fsp3) is 0.375. The van der Waals surface area contributed by atoms with Crippen LogP contribution in [0.3, 0.4) is 0 Å². The lowest BCUT2D eigenvalue weighted by Gasteiger charge is -2.22. The lowest BCUT2D eigenvalue weighted by molar-refractivity contribution is 0.0760. The van der Waals surface area contributed by atoms with Gasteiger partial charge in [-0.1, -0.05) is 36.4 Å². The summed E-state index contributed by atoms with van der Waals surface area (Å²) in [4.78, 5) is 19.1. The molecule has 152 valence electrons. The van der Waals surface area contributed by atoms with Gasteiger partial charge in [0, 0.05) is 49.0 Å². The van der Waals surface area contributed by atoms with Crippen molar-refractivity contribution in [2.75, 3.05) is 26.2 Å². The molecular weight excluding hydrogens is 378 g/mol. The van der Waals surface area contributed by atoms with Crippen molar-refractivity contribution in [2.24, 2.45) is 0 Å². The van der Waals surface area contributed by atoms with Crippen LogP contribution in [0, 0.1) is 13.8 Å². The molecule has 4 rings (SSSR count). The molecule has 1 aliphatic heterocycles. The monoisotopic (exact) mass is 407 g/mol. The van der Waals surface area contributed by atoms with E-state index < -0.39 is 0 Å². The van der Waals surface area contributed by atoms with E-state index in [1.54, 1.807) is 11.3 Å². The summed E-state index contributed by atoms with van der Waals surface area (Å²) in [6, 6.07) is 16.9. The molecule has 0 bridgehead atoms. The normalized spacial score (nSPS) is 15.4. The van der Waals surface area contributed by atoms with Gasteiger partial charge in [-0.05, 0) is 43.3 Å². The van der Waals surface area contributed by atoms with E-state index in [1.165, 1.54) is 10.4 Å². The largest absolute Gasteiger partial charge is 0.343 e. The molecule has 2 aromatic heterocycles. The number of hydrogen-bond donors (Lipinski definition) is 0. The van der Waals surface area contributed by atoms with E-state index in [-0.39, 0.29) is 5.91 Å². The highest BCUT2D eigenvalue weighted by molar-refractivity contribution is 7.09. The SMILES string of the molecule is Cc1cc(C(=O)N2CCCN(Cc3ccccc3)CC2)c(C)n1Cc1cccs1. The van der Waals surface area contributed by atoms with Gasteiger partial charge in [-0.25, -0.2) is 0 Å². The van der Waals surface area contributed by atoms with Crippen LogP contribution < -0.4 is 0 Å². The molecule has 1 aliphatic rings. The van der Waals surface area contributed by atoms with Gasteiger partial charge in [-0.15, -0.1) is 11.3 Å². The molecule has 0 saturated carbocycles. The molecule has 5 heteroatoms. The summed E-state index contributed by atoms with van der Waals surface area (Å²) in [5, 5.41) is 2.11. The maximum Gasteiger partial charge on any atom is 0.255 e. The summed E-state index contributed by atoms with van der Waals surface area (Å²) < 4.78 is 2.26. The second-order valence-electron chi connectivity index (χ2n) is 7.86. The van der Waals surface area contributed by atoms with Crippen molar-refractivity contribution in [2.45, 2.75) is 33.4 Å². The first kappa shape index (κ1) is 19.9. The van der Waals surface area contributed by atoms with Crippen molar-refractivity contribution < 1.29 is 4.79 Å². The van der Waals surface area contributed by atoms with Gasteiger partial charge in [-0.2, -0.15) is 0 Å². The molecule has 0 N–H and O–H groups in total. The Bertz CT molecular complexity index is 946. The first-order valence-electron chi connectivity index (χ1n) is 10.4. The van der Waals surface area contributed by atoms with Crippen LogP contribution in [0.25, 0.3) is 0 Å². The number of carbonyl (C=O) groups excluding carboxylic acids is 1. The lowest BCUT2D eigenvalue weighted by atomic mass is 10.2. The average Bonchev–Trinajstić information content (AvgIpc) is 3.26. The van der Waals surface area contributed by atoms with Crippen molar-refractivity contribution in [3.05, 3.63) is 81.3 Å². The highest BCUT2D eigenvalue weighted by Gasteiger charge is 2.24. The van der Waals surface area contributed by atoms with Gasteiger partial charge in [0.2, 0.25) is 0 Å². The van der Waals surface area contributed by atoms with Crippen LogP contribution in [0.5, 0.6) is 0 Å². The van der Waals surface area contributed by atoms with E-state index in [4.69, 9.17) is 0 Å². The second kappa shape index (κ2) is 8.97. The third-order valence-electron chi connectivity index (χ3n) is 5.82. The van der Waals surface area contributed by atoms with Gasteiger partial charge in [0.05, 0.1) is 12.1 Å². The highest BCUT2D eigenvalue weighted by atomic mass is 32.1. The molecule has 0 unspecified atom stereocenters. The minimum Gasteiger partial charge on any atom is -0.343 e. The summed E-state index contributed by atoms with van der Waals surface area (Å²) in [7, 11) is 0. The standard InChI is InChI=1S/C24H29N3OS/c1-19-16-23(20(2)27(19)18-22-10-6-15-29-22)24(28)26-12-7-11-25(13-14-26)17-21-8-4-3-5-9-21/h3-6,8-10,15-16H,7,11-14,17-18H2,1-2H3. The summed E-state index contributed by atoms with van der Waals surface area (Å²) in [6.45, 7) is 9.56. The Morgan fingerprint density at radius 1 is 0.966 bits per heavy atom. The predicted molar refractivity (Wildman–Crippen MR) is 120 cm³/mol. The molecule has 4 nitrogen and oxygen atoms in total. The minimum atomic E-state index is 0.178. The maximum absolute atomic E-state index is 13.3. The van der Waals surface area contributed by atoms with E-state index in [2.05, 4.69) is 77.2 Å². The average molecular weight is 408 g/mol. The number of aromatic nitrogens is 1. The van der Waals surface area contributed by atoms with Gasteiger partial charge >= 0.3 is 0 Å². The fourth-order valence-corrected chi connectivity index (χ4v) is 4.86.